The van der Waals surface area contributed by atoms with Crippen molar-refractivity contribution in [2.75, 3.05) is 6.61 Å². The Kier molecular flexibility index (Phi) is 6.86. The highest BCUT2D eigenvalue weighted by atomic mass is 28.4. The fourth-order valence-corrected chi connectivity index (χ4v) is 7.22. The second-order valence-electron chi connectivity index (χ2n) is 4.70. The van der Waals surface area contributed by atoms with Gasteiger partial charge in [-0.3, -0.25) is 4.79 Å². The minimum Gasteiger partial charge on any atom is -0.491 e. The monoisotopic (exact) mass is 259 g/mol. The summed E-state index contributed by atoms with van der Waals surface area (Å²) in [5.74, 6) is 0.163. The standard InChI is InChI=1S/C11H23O3Si2/c1-10(12)11(2)13-8-7-9-16(5,6)14-15(3)4/h2,7-9H2,1,3-6H3. The third-order valence-electron chi connectivity index (χ3n) is 2.07. The molecule has 0 aromatic heterocycles. The zero-order valence-corrected chi connectivity index (χ0v) is 13.1. The van der Waals surface area contributed by atoms with Crippen LogP contribution in [-0.4, -0.2) is 29.7 Å². The summed E-state index contributed by atoms with van der Waals surface area (Å²) in [5.41, 5.74) is 0. The molecule has 3 nitrogen and oxygen atoms in total. The predicted octanol–water partition coefficient (Wildman–Crippen LogP) is 2.97. The van der Waals surface area contributed by atoms with Gasteiger partial charge in [-0.2, -0.15) is 0 Å². The Labute approximate surface area is 102 Å². The highest BCUT2D eigenvalue weighted by molar-refractivity contribution is 6.77. The lowest BCUT2D eigenvalue weighted by Gasteiger charge is -2.25. The molecule has 0 spiro atoms. The zero-order chi connectivity index (χ0) is 12.8. The number of carbonyl (C=O) groups is 1. The zero-order valence-electron chi connectivity index (χ0n) is 11.1. The molecule has 0 rings (SSSR count). The second-order valence-corrected chi connectivity index (χ2v) is 11.4. The Hall–Kier alpha value is -0.396. The number of rotatable bonds is 8. The lowest BCUT2D eigenvalue weighted by Crippen LogP contribution is -2.35. The molecule has 5 heteroatoms. The van der Waals surface area contributed by atoms with Crippen LogP contribution in [0.3, 0.4) is 0 Å². The maximum atomic E-state index is 10.8. The molecule has 93 valence electrons. The first kappa shape index (κ1) is 15.6. The third kappa shape index (κ3) is 7.84. The van der Waals surface area contributed by atoms with E-state index in [9.17, 15) is 4.79 Å². The van der Waals surface area contributed by atoms with E-state index in [1.165, 1.54) is 6.92 Å². The van der Waals surface area contributed by atoms with Gasteiger partial charge in [0, 0.05) is 6.92 Å². The van der Waals surface area contributed by atoms with E-state index in [0.29, 0.717) is 6.61 Å². The van der Waals surface area contributed by atoms with E-state index in [-0.39, 0.29) is 11.5 Å². The number of hydrogen-bond acceptors (Lipinski definition) is 3. The van der Waals surface area contributed by atoms with Crippen molar-refractivity contribution in [3.05, 3.63) is 12.3 Å². The van der Waals surface area contributed by atoms with E-state index < -0.39 is 17.4 Å². The van der Waals surface area contributed by atoms with E-state index in [0.717, 1.165) is 12.5 Å². The molecule has 0 aliphatic carbocycles. The Bertz CT molecular complexity index is 250. The van der Waals surface area contributed by atoms with Crippen LogP contribution in [-0.2, 0) is 13.6 Å². The number of ketones is 1. The summed E-state index contributed by atoms with van der Waals surface area (Å²) in [6, 6.07) is 1.06. The van der Waals surface area contributed by atoms with Crippen LogP contribution in [0, 0.1) is 0 Å². The van der Waals surface area contributed by atoms with E-state index in [4.69, 9.17) is 8.85 Å². The number of Topliss-reactive ketones (excluding diaryl/α,β-unsaturated/α-hetero) is 1. The van der Waals surface area contributed by atoms with Gasteiger partial charge in [-0.1, -0.05) is 6.58 Å². The molecular weight excluding hydrogens is 236 g/mol. The molecule has 0 heterocycles. The van der Waals surface area contributed by atoms with Crippen molar-refractivity contribution < 1.29 is 13.6 Å². The number of ether oxygens (including phenoxy) is 1. The Morgan fingerprint density at radius 1 is 1.38 bits per heavy atom. The van der Waals surface area contributed by atoms with Crippen LogP contribution in [0.5, 0.6) is 0 Å². The fourth-order valence-electron chi connectivity index (χ4n) is 1.40. The van der Waals surface area contributed by atoms with Gasteiger partial charge in [0.05, 0.1) is 6.61 Å². The van der Waals surface area contributed by atoms with Crippen LogP contribution in [0.25, 0.3) is 0 Å². The molecule has 0 atom stereocenters. The molecule has 0 saturated heterocycles. The quantitative estimate of drug-likeness (QED) is 0.291. The lowest BCUT2D eigenvalue weighted by atomic mass is 10.4. The van der Waals surface area contributed by atoms with Crippen LogP contribution in [0.15, 0.2) is 12.3 Å². The summed E-state index contributed by atoms with van der Waals surface area (Å²) in [5, 5.41) is 0. The summed E-state index contributed by atoms with van der Waals surface area (Å²) >= 11 is 0. The van der Waals surface area contributed by atoms with Crippen molar-refractivity contribution in [3.63, 3.8) is 0 Å². The molecule has 0 unspecified atom stereocenters. The molecule has 0 amide bonds. The molecule has 0 bridgehead atoms. The fraction of sp³-hybridized carbons (Fsp3) is 0.727. The Morgan fingerprint density at radius 2 is 1.94 bits per heavy atom. The second kappa shape index (κ2) is 7.03. The van der Waals surface area contributed by atoms with Crippen molar-refractivity contribution in [2.24, 2.45) is 0 Å². The first-order valence-corrected chi connectivity index (χ1v) is 11.1. The van der Waals surface area contributed by atoms with Crippen molar-refractivity contribution in [1.29, 1.82) is 0 Å². The molecular formula is C11H23O3Si2. The van der Waals surface area contributed by atoms with Gasteiger partial charge in [0.1, 0.15) is 0 Å². The molecule has 16 heavy (non-hydrogen) atoms. The maximum Gasteiger partial charge on any atom is 0.193 e. The SMILES string of the molecule is C=C(OCCC[Si](C)(C)O[Si](C)C)C(C)=O. The molecule has 0 aromatic rings. The van der Waals surface area contributed by atoms with E-state index >= 15 is 0 Å². The summed E-state index contributed by atoms with van der Waals surface area (Å²) in [6.45, 7) is 14.4. The van der Waals surface area contributed by atoms with E-state index in [1.54, 1.807) is 0 Å². The molecule has 1 radical (unpaired) electrons. The van der Waals surface area contributed by atoms with E-state index in [2.05, 4.69) is 32.8 Å². The Morgan fingerprint density at radius 3 is 2.38 bits per heavy atom. The molecule has 0 aliphatic rings. The van der Waals surface area contributed by atoms with Crippen molar-refractivity contribution in [2.45, 2.75) is 45.6 Å². The summed E-state index contributed by atoms with van der Waals surface area (Å²) in [4.78, 5) is 10.8. The van der Waals surface area contributed by atoms with Gasteiger partial charge in [0.25, 0.3) is 0 Å². The van der Waals surface area contributed by atoms with Crippen molar-refractivity contribution in [1.82, 2.24) is 0 Å². The van der Waals surface area contributed by atoms with Crippen LogP contribution in [0.2, 0.25) is 32.2 Å². The molecule has 0 aliphatic heterocycles. The first-order chi connectivity index (χ1) is 7.24. The molecule has 0 saturated carbocycles. The molecule has 0 aromatic carbocycles. The van der Waals surface area contributed by atoms with Gasteiger partial charge in [-0.15, -0.1) is 0 Å². The van der Waals surface area contributed by atoms with Crippen molar-refractivity contribution >= 4 is 23.1 Å². The van der Waals surface area contributed by atoms with Crippen molar-refractivity contribution in [3.8, 4) is 0 Å². The van der Waals surface area contributed by atoms with Crippen LogP contribution in [0.4, 0.5) is 0 Å². The molecule has 0 fully saturated rings. The maximum absolute atomic E-state index is 10.8. The average molecular weight is 259 g/mol. The average Bonchev–Trinajstić information content (AvgIpc) is 2.09. The van der Waals surface area contributed by atoms with Crippen LogP contribution < -0.4 is 0 Å². The van der Waals surface area contributed by atoms with Gasteiger partial charge >= 0.3 is 0 Å². The third-order valence-corrected chi connectivity index (χ3v) is 7.47. The number of carbonyl (C=O) groups excluding carboxylic acids is 1. The van der Waals surface area contributed by atoms with Gasteiger partial charge in [-0.05, 0) is 38.7 Å². The summed E-state index contributed by atoms with van der Waals surface area (Å²) < 4.78 is 11.2. The highest BCUT2D eigenvalue weighted by Gasteiger charge is 2.23. The summed E-state index contributed by atoms with van der Waals surface area (Å²) in [7, 11) is -2.12. The minimum atomic E-state index is -1.51. The first-order valence-electron chi connectivity index (χ1n) is 5.56. The summed E-state index contributed by atoms with van der Waals surface area (Å²) in [6.07, 6.45) is 0.931. The number of hydrogen-bond donors (Lipinski definition) is 0. The van der Waals surface area contributed by atoms with Gasteiger partial charge in [0.2, 0.25) is 0 Å². The minimum absolute atomic E-state index is 0.0969. The topological polar surface area (TPSA) is 35.5 Å². The molecule has 0 N–H and O–H groups in total. The highest BCUT2D eigenvalue weighted by Crippen LogP contribution is 2.15. The normalized spacial score (nSPS) is 11.6. The smallest absolute Gasteiger partial charge is 0.193 e. The van der Waals surface area contributed by atoms with E-state index in [1.807, 2.05) is 0 Å². The number of allylic oxidation sites excluding steroid dienone is 1. The Balaban J connectivity index is 3.73. The largest absolute Gasteiger partial charge is 0.491 e. The lowest BCUT2D eigenvalue weighted by molar-refractivity contribution is -0.116. The van der Waals surface area contributed by atoms with Gasteiger partial charge < -0.3 is 8.85 Å². The van der Waals surface area contributed by atoms with Crippen LogP contribution >= 0.6 is 0 Å². The van der Waals surface area contributed by atoms with Gasteiger partial charge in [0.15, 0.2) is 28.9 Å². The van der Waals surface area contributed by atoms with Crippen LogP contribution in [0.1, 0.15) is 13.3 Å². The van der Waals surface area contributed by atoms with Gasteiger partial charge in [-0.25, -0.2) is 0 Å². The predicted molar refractivity (Wildman–Crippen MR) is 71.2 cm³/mol.